The van der Waals surface area contributed by atoms with Crippen molar-refractivity contribution >= 4 is 33.2 Å². The molecule has 0 unspecified atom stereocenters. The molecular weight excluding hydrogens is 312 g/mol. The summed E-state index contributed by atoms with van der Waals surface area (Å²) in [4.78, 5) is 18.1. The lowest BCUT2D eigenvalue weighted by Crippen LogP contribution is -2.36. The fraction of sp³-hybridized carbons (Fsp3) is 0.231. The number of halogens is 1. The molecule has 0 spiro atoms. The molecule has 18 heavy (non-hydrogen) atoms. The monoisotopic (exact) mass is 322 g/mol. The Balaban J connectivity index is 1.83. The molecule has 0 saturated carbocycles. The highest BCUT2D eigenvalue weighted by atomic mass is 79.9. The molecule has 92 valence electrons. The molecule has 1 aromatic carbocycles. The van der Waals surface area contributed by atoms with Crippen LogP contribution >= 0.6 is 27.3 Å². The summed E-state index contributed by atoms with van der Waals surface area (Å²) in [5.41, 5.74) is 4.81. The molecule has 0 atom stereocenters. The zero-order valence-corrected chi connectivity index (χ0v) is 12.0. The van der Waals surface area contributed by atoms with E-state index in [9.17, 15) is 4.79 Å². The highest BCUT2D eigenvalue weighted by Gasteiger charge is 2.22. The number of hydrogen-bond donors (Lipinski definition) is 0. The van der Waals surface area contributed by atoms with Gasteiger partial charge in [0, 0.05) is 22.9 Å². The van der Waals surface area contributed by atoms with Gasteiger partial charge in [0.2, 0.25) is 0 Å². The number of nitrogens with zero attached hydrogens (tertiary/aromatic N) is 2. The standard InChI is InChI=1S/C13H11BrN2OS/c14-11-2-1-10-6-16(4-3-9(10)5-11)13(17)12-7-18-8-15-12/h1-2,5,7-8H,3-4,6H2. The van der Waals surface area contributed by atoms with Gasteiger partial charge in [-0.25, -0.2) is 4.98 Å². The topological polar surface area (TPSA) is 33.2 Å². The van der Waals surface area contributed by atoms with Crippen molar-refractivity contribution in [3.05, 3.63) is 50.4 Å². The van der Waals surface area contributed by atoms with Gasteiger partial charge in [-0.15, -0.1) is 11.3 Å². The number of amides is 1. The van der Waals surface area contributed by atoms with E-state index >= 15 is 0 Å². The lowest BCUT2D eigenvalue weighted by atomic mass is 10.00. The number of carbonyl (C=O) groups is 1. The molecule has 1 aliphatic rings. The first-order valence-corrected chi connectivity index (χ1v) is 7.42. The van der Waals surface area contributed by atoms with Gasteiger partial charge in [-0.2, -0.15) is 0 Å². The third kappa shape index (κ3) is 2.20. The summed E-state index contributed by atoms with van der Waals surface area (Å²) in [5.74, 6) is 0.0322. The summed E-state index contributed by atoms with van der Waals surface area (Å²) in [7, 11) is 0. The number of aromatic nitrogens is 1. The van der Waals surface area contributed by atoms with Crippen molar-refractivity contribution in [3.63, 3.8) is 0 Å². The molecule has 1 aromatic heterocycles. The number of benzene rings is 1. The first-order chi connectivity index (χ1) is 8.74. The molecule has 0 fully saturated rings. The maximum atomic E-state index is 12.2. The van der Waals surface area contributed by atoms with Gasteiger partial charge in [-0.3, -0.25) is 4.79 Å². The predicted octanol–water partition coefficient (Wildman–Crippen LogP) is 3.10. The quantitative estimate of drug-likeness (QED) is 0.808. The minimum Gasteiger partial charge on any atom is -0.333 e. The van der Waals surface area contributed by atoms with E-state index in [-0.39, 0.29) is 5.91 Å². The van der Waals surface area contributed by atoms with Gasteiger partial charge in [0.25, 0.3) is 5.91 Å². The molecule has 2 aromatic rings. The minimum absolute atomic E-state index is 0.0322. The Morgan fingerprint density at radius 3 is 3.06 bits per heavy atom. The Morgan fingerprint density at radius 1 is 1.39 bits per heavy atom. The third-order valence-corrected chi connectivity index (χ3v) is 4.20. The highest BCUT2D eigenvalue weighted by molar-refractivity contribution is 9.10. The lowest BCUT2D eigenvalue weighted by Gasteiger charge is -2.28. The SMILES string of the molecule is O=C(c1cscn1)N1CCc2cc(Br)ccc2C1. The van der Waals surface area contributed by atoms with E-state index in [4.69, 9.17) is 0 Å². The van der Waals surface area contributed by atoms with Crippen molar-refractivity contribution in [2.45, 2.75) is 13.0 Å². The molecular formula is C13H11BrN2OS. The summed E-state index contributed by atoms with van der Waals surface area (Å²) in [6.07, 6.45) is 0.907. The molecule has 0 aliphatic carbocycles. The second-order valence-corrected chi connectivity index (χ2v) is 5.90. The van der Waals surface area contributed by atoms with Crippen molar-refractivity contribution in [2.75, 3.05) is 6.54 Å². The van der Waals surface area contributed by atoms with E-state index in [1.807, 2.05) is 11.0 Å². The fourth-order valence-corrected chi connectivity index (χ4v) is 3.11. The highest BCUT2D eigenvalue weighted by Crippen LogP contribution is 2.23. The first kappa shape index (κ1) is 11.9. The van der Waals surface area contributed by atoms with E-state index in [1.54, 1.807) is 10.9 Å². The molecule has 0 saturated heterocycles. The van der Waals surface area contributed by atoms with Crippen LogP contribution in [0.1, 0.15) is 21.6 Å². The van der Waals surface area contributed by atoms with E-state index in [0.717, 1.165) is 17.4 Å². The van der Waals surface area contributed by atoms with Crippen LogP contribution in [0.15, 0.2) is 33.6 Å². The van der Waals surface area contributed by atoms with E-state index in [2.05, 4.69) is 33.0 Å². The molecule has 5 heteroatoms. The fourth-order valence-electron chi connectivity index (χ4n) is 2.18. The van der Waals surface area contributed by atoms with Gasteiger partial charge >= 0.3 is 0 Å². The number of hydrogen-bond acceptors (Lipinski definition) is 3. The van der Waals surface area contributed by atoms with Gasteiger partial charge in [0.05, 0.1) is 5.51 Å². The van der Waals surface area contributed by atoms with Crippen molar-refractivity contribution in [1.29, 1.82) is 0 Å². The molecule has 3 rings (SSSR count). The summed E-state index contributed by atoms with van der Waals surface area (Å²) in [6, 6.07) is 6.25. The summed E-state index contributed by atoms with van der Waals surface area (Å²) >= 11 is 4.93. The van der Waals surface area contributed by atoms with Crippen LogP contribution in [-0.2, 0) is 13.0 Å². The third-order valence-electron chi connectivity index (χ3n) is 3.12. The predicted molar refractivity (Wildman–Crippen MR) is 74.7 cm³/mol. The maximum absolute atomic E-state index is 12.2. The molecule has 0 radical (unpaired) electrons. The van der Waals surface area contributed by atoms with Crippen molar-refractivity contribution in [1.82, 2.24) is 9.88 Å². The van der Waals surface area contributed by atoms with Crippen LogP contribution in [0.5, 0.6) is 0 Å². The Morgan fingerprint density at radius 2 is 2.28 bits per heavy atom. The summed E-state index contributed by atoms with van der Waals surface area (Å²) in [5, 5.41) is 1.80. The number of fused-ring (bicyclic) bond motifs is 1. The zero-order chi connectivity index (χ0) is 12.5. The first-order valence-electron chi connectivity index (χ1n) is 5.69. The Kier molecular flexibility index (Phi) is 3.18. The smallest absolute Gasteiger partial charge is 0.273 e. The second kappa shape index (κ2) is 4.82. The van der Waals surface area contributed by atoms with Crippen molar-refractivity contribution < 1.29 is 4.79 Å². The maximum Gasteiger partial charge on any atom is 0.273 e. The van der Waals surface area contributed by atoms with Gasteiger partial charge in [-0.1, -0.05) is 22.0 Å². The number of carbonyl (C=O) groups excluding carboxylic acids is 1. The van der Waals surface area contributed by atoms with Crippen LogP contribution in [0.3, 0.4) is 0 Å². The number of rotatable bonds is 1. The van der Waals surface area contributed by atoms with E-state index in [0.29, 0.717) is 12.2 Å². The Labute approximate surface area is 118 Å². The molecule has 0 bridgehead atoms. The average Bonchev–Trinajstić information content (AvgIpc) is 2.91. The summed E-state index contributed by atoms with van der Waals surface area (Å²) in [6.45, 7) is 1.44. The lowest BCUT2D eigenvalue weighted by molar-refractivity contribution is 0.0729. The van der Waals surface area contributed by atoms with Crippen LogP contribution in [-0.4, -0.2) is 22.3 Å². The molecule has 1 aliphatic heterocycles. The minimum atomic E-state index is 0.0322. The molecule has 3 nitrogen and oxygen atoms in total. The van der Waals surface area contributed by atoms with Crippen LogP contribution in [0.25, 0.3) is 0 Å². The van der Waals surface area contributed by atoms with Gasteiger partial charge in [0.1, 0.15) is 5.69 Å². The van der Waals surface area contributed by atoms with Crippen molar-refractivity contribution in [3.8, 4) is 0 Å². The van der Waals surface area contributed by atoms with Gasteiger partial charge in [0.15, 0.2) is 0 Å². The van der Waals surface area contributed by atoms with Gasteiger partial charge < -0.3 is 4.90 Å². The van der Waals surface area contributed by atoms with Crippen LogP contribution in [0.2, 0.25) is 0 Å². The molecule has 0 N–H and O–H groups in total. The average molecular weight is 323 g/mol. The largest absolute Gasteiger partial charge is 0.333 e. The van der Waals surface area contributed by atoms with Gasteiger partial charge in [-0.05, 0) is 29.7 Å². The van der Waals surface area contributed by atoms with Crippen molar-refractivity contribution in [2.24, 2.45) is 0 Å². The van der Waals surface area contributed by atoms with Crippen LogP contribution in [0.4, 0.5) is 0 Å². The normalized spacial score (nSPS) is 14.4. The number of thiazole rings is 1. The summed E-state index contributed by atoms with van der Waals surface area (Å²) < 4.78 is 1.10. The Bertz CT molecular complexity index is 583. The van der Waals surface area contributed by atoms with E-state index in [1.165, 1.54) is 22.5 Å². The Hall–Kier alpha value is -1.20. The molecule has 1 amide bonds. The van der Waals surface area contributed by atoms with E-state index < -0.39 is 0 Å². The van der Waals surface area contributed by atoms with Crippen LogP contribution in [0, 0.1) is 0 Å². The van der Waals surface area contributed by atoms with Crippen LogP contribution < -0.4 is 0 Å². The zero-order valence-electron chi connectivity index (χ0n) is 9.60. The molecule has 2 heterocycles. The second-order valence-electron chi connectivity index (χ2n) is 4.26.